The van der Waals surface area contributed by atoms with Gasteiger partial charge >= 0.3 is 0 Å². The Kier molecular flexibility index (Phi) is 4.41. The molecule has 2 unspecified atom stereocenters. The number of hydrogen-bond acceptors (Lipinski definition) is 4. The third kappa shape index (κ3) is 2.99. The zero-order chi connectivity index (χ0) is 15.5. The van der Waals surface area contributed by atoms with Gasteiger partial charge in [0.1, 0.15) is 0 Å². The Hall–Kier alpha value is -1.90. The number of hydrogen-bond donors (Lipinski definition) is 1. The first-order valence-corrected chi connectivity index (χ1v) is 7.90. The second-order valence-electron chi connectivity index (χ2n) is 6.09. The summed E-state index contributed by atoms with van der Waals surface area (Å²) in [5, 5.41) is 18.9. The fourth-order valence-electron chi connectivity index (χ4n) is 3.51. The van der Waals surface area contributed by atoms with Crippen molar-refractivity contribution in [3.05, 3.63) is 35.4 Å². The number of piperazine rings is 1. The normalized spacial score (nSPS) is 25.9. The van der Waals surface area contributed by atoms with Crippen LogP contribution in [0.25, 0.3) is 0 Å². The monoisotopic (exact) mass is 299 g/mol. The second-order valence-corrected chi connectivity index (χ2v) is 6.09. The van der Waals surface area contributed by atoms with Gasteiger partial charge in [0.25, 0.3) is 5.91 Å². The summed E-state index contributed by atoms with van der Waals surface area (Å²) >= 11 is 0. The first kappa shape index (κ1) is 15.0. The molecule has 2 aliphatic rings. The first-order chi connectivity index (χ1) is 10.7. The Morgan fingerprint density at radius 1 is 1.23 bits per heavy atom. The van der Waals surface area contributed by atoms with Gasteiger partial charge in [0, 0.05) is 37.8 Å². The minimum Gasteiger partial charge on any atom is -0.391 e. The van der Waals surface area contributed by atoms with Crippen molar-refractivity contribution in [3.63, 3.8) is 0 Å². The molecule has 1 amide bonds. The lowest BCUT2D eigenvalue weighted by Gasteiger charge is -2.39. The number of aliphatic hydroxyl groups is 1. The molecular formula is C17H21N3O2. The molecule has 116 valence electrons. The topological polar surface area (TPSA) is 67.6 Å². The molecule has 3 rings (SSSR count). The van der Waals surface area contributed by atoms with E-state index < -0.39 is 0 Å². The molecule has 5 heteroatoms. The molecule has 2 atom stereocenters. The van der Waals surface area contributed by atoms with E-state index in [1.807, 2.05) is 4.90 Å². The smallest absolute Gasteiger partial charge is 0.253 e. The molecule has 0 aromatic heterocycles. The summed E-state index contributed by atoms with van der Waals surface area (Å²) in [5.41, 5.74) is 1.09. The molecule has 0 bridgehead atoms. The van der Waals surface area contributed by atoms with Crippen molar-refractivity contribution in [3.8, 4) is 6.07 Å². The van der Waals surface area contributed by atoms with Crippen molar-refractivity contribution >= 4 is 5.91 Å². The second kappa shape index (κ2) is 6.47. The molecule has 1 aliphatic heterocycles. The number of carbonyl (C=O) groups is 1. The van der Waals surface area contributed by atoms with Crippen LogP contribution in [0.5, 0.6) is 0 Å². The zero-order valence-electron chi connectivity index (χ0n) is 12.6. The van der Waals surface area contributed by atoms with Crippen LogP contribution in [0.15, 0.2) is 24.3 Å². The molecule has 0 spiro atoms. The first-order valence-electron chi connectivity index (χ1n) is 7.90. The van der Waals surface area contributed by atoms with Gasteiger partial charge < -0.3 is 10.0 Å². The van der Waals surface area contributed by atoms with Crippen molar-refractivity contribution in [2.24, 2.45) is 0 Å². The Morgan fingerprint density at radius 2 is 2.00 bits per heavy atom. The molecule has 2 fully saturated rings. The molecule has 1 heterocycles. The summed E-state index contributed by atoms with van der Waals surface area (Å²) in [6, 6.07) is 9.19. The van der Waals surface area contributed by atoms with Crippen molar-refractivity contribution in [1.29, 1.82) is 5.26 Å². The molecule has 1 aromatic rings. The summed E-state index contributed by atoms with van der Waals surface area (Å²) in [6.45, 7) is 2.98. The molecule has 1 aromatic carbocycles. The number of aliphatic hydroxyl groups excluding tert-OH is 1. The van der Waals surface area contributed by atoms with E-state index in [0.29, 0.717) is 24.2 Å². The van der Waals surface area contributed by atoms with Gasteiger partial charge in [-0.25, -0.2) is 0 Å². The lowest BCUT2D eigenvalue weighted by molar-refractivity contribution is 0.0315. The Labute approximate surface area is 130 Å². The SMILES string of the molecule is N#Cc1cccc(C(=O)N2CCN(C3CCCC3O)CC2)c1. The lowest BCUT2D eigenvalue weighted by Crippen LogP contribution is -2.53. The highest BCUT2D eigenvalue weighted by Gasteiger charge is 2.33. The number of nitrogens with zero attached hydrogens (tertiary/aromatic N) is 3. The van der Waals surface area contributed by atoms with Gasteiger partial charge in [-0.3, -0.25) is 9.69 Å². The molecule has 1 saturated heterocycles. The predicted molar refractivity (Wildman–Crippen MR) is 82.3 cm³/mol. The minimum atomic E-state index is -0.213. The number of benzene rings is 1. The quantitative estimate of drug-likeness (QED) is 0.892. The summed E-state index contributed by atoms with van der Waals surface area (Å²) in [6.07, 6.45) is 2.82. The van der Waals surface area contributed by atoms with Crippen LogP contribution < -0.4 is 0 Å². The van der Waals surface area contributed by atoms with Gasteiger partial charge in [-0.2, -0.15) is 5.26 Å². The van der Waals surface area contributed by atoms with Crippen molar-refractivity contribution in [1.82, 2.24) is 9.80 Å². The number of amides is 1. The highest BCUT2D eigenvalue weighted by Crippen LogP contribution is 2.25. The van der Waals surface area contributed by atoms with E-state index in [1.54, 1.807) is 24.3 Å². The fraction of sp³-hybridized carbons (Fsp3) is 0.529. The highest BCUT2D eigenvalue weighted by atomic mass is 16.3. The maximum atomic E-state index is 12.5. The average Bonchev–Trinajstić information content (AvgIpc) is 3.00. The van der Waals surface area contributed by atoms with Gasteiger partial charge in [0.05, 0.1) is 17.7 Å². The van der Waals surface area contributed by atoms with Crippen molar-refractivity contribution < 1.29 is 9.90 Å². The van der Waals surface area contributed by atoms with E-state index in [1.165, 1.54) is 0 Å². The van der Waals surface area contributed by atoms with E-state index in [9.17, 15) is 9.90 Å². The van der Waals surface area contributed by atoms with Crippen LogP contribution >= 0.6 is 0 Å². The molecule has 22 heavy (non-hydrogen) atoms. The maximum Gasteiger partial charge on any atom is 0.253 e. The van der Waals surface area contributed by atoms with Gasteiger partial charge in [-0.1, -0.05) is 6.07 Å². The van der Waals surface area contributed by atoms with Gasteiger partial charge in [-0.05, 0) is 37.5 Å². The van der Waals surface area contributed by atoms with Crippen LogP contribution in [-0.2, 0) is 0 Å². The fourth-order valence-corrected chi connectivity index (χ4v) is 3.51. The van der Waals surface area contributed by atoms with Crippen LogP contribution in [0, 0.1) is 11.3 Å². The van der Waals surface area contributed by atoms with E-state index in [-0.39, 0.29) is 18.1 Å². The van der Waals surface area contributed by atoms with Crippen molar-refractivity contribution in [2.75, 3.05) is 26.2 Å². The Bertz CT molecular complexity index is 588. The van der Waals surface area contributed by atoms with E-state index in [2.05, 4.69) is 11.0 Å². The maximum absolute atomic E-state index is 12.5. The summed E-state index contributed by atoms with van der Waals surface area (Å²) in [4.78, 5) is 16.7. The third-order valence-corrected chi connectivity index (χ3v) is 4.75. The van der Waals surface area contributed by atoms with Crippen LogP contribution in [-0.4, -0.2) is 59.1 Å². The van der Waals surface area contributed by atoms with Gasteiger partial charge in [-0.15, -0.1) is 0 Å². The lowest BCUT2D eigenvalue weighted by atomic mass is 10.1. The van der Waals surface area contributed by atoms with E-state index >= 15 is 0 Å². The molecule has 1 saturated carbocycles. The van der Waals surface area contributed by atoms with E-state index in [4.69, 9.17) is 5.26 Å². The molecule has 1 aliphatic carbocycles. The van der Waals surface area contributed by atoms with Gasteiger partial charge in [0.15, 0.2) is 0 Å². The molecular weight excluding hydrogens is 278 g/mol. The Balaban J connectivity index is 1.61. The van der Waals surface area contributed by atoms with Gasteiger partial charge in [0.2, 0.25) is 0 Å². The number of carbonyl (C=O) groups excluding carboxylic acids is 1. The van der Waals surface area contributed by atoms with Crippen LogP contribution in [0.3, 0.4) is 0 Å². The predicted octanol–water partition coefficient (Wildman–Crippen LogP) is 1.23. The average molecular weight is 299 g/mol. The molecule has 1 N–H and O–H groups in total. The third-order valence-electron chi connectivity index (χ3n) is 4.75. The number of nitriles is 1. The number of rotatable bonds is 2. The zero-order valence-corrected chi connectivity index (χ0v) is 12.6. The molecule has 5 nitrogen and oxygen atoms in total. The van der Waals surface area contributed by atoms with Crippen LogP contribution in [0.4, 0.5) is 0 Å². The standard InChI is InChI=1S/C17H21N3O2/c18-12-13-3-1-4-14(11-13)17(22)20-9-7-19(8-10-20)15-5-2-6-16(15)21/h1,3-4,11,15-16,21H,2,5-10H2. The van der Waals surface area contributed by atoms with Crippen LogP contribution in [0.2, 0.25) is 0 Å². The highest BCUT2D eigenvalue weighted by molar-refractivity contribution is 5.94. The summed E-state index contributed by atoms with van der Waals surface area (Å²) in [5.74, 6) is -0.0104. The summed E-state index contributed by atoms with van der Waals surface area (Å²) in [7, 11) is 0. The summed E-state index contributed by atoms with van der Waals surface area (Å²) < 4.78 is 0. The van der Waals surface area contributed by atoms with Crippen molar-refractivity contribution in [2.45, 2.75) is 31.4 Å². The Morgan fingerprint density at radius 3 is 2.64 bits per heavy atom. The van der Waals surface area contributed by atoms with E-state index in [0.717, 1.165) is 32.4 Å². The minimum absolute atomic E-state index is 0.0104. The van der Waals surface area contributed by atoms with Crippen LogP contribution in [0.1, 0.15) is 35.2 Å². The molecule has 0 radical (unpaired) electrons. The largest absolute Gasteiger partial charge is 0.391 e.